The highest BCUT2D eigenvalue weighted by molar-refractivity contribution is 6.51. The van der Waals surface area contributed by atoms with Crippen LogP contribution in [-0.4, -0.2) is 31.0 Å². The summed E-state index contributed by atoms with van der Waals surface area (Å²) >= 11 is 6.15. The first-order chi connectivity index (χ1) is 15.8. The number of aliphatic hydroxyl groups is 1. The van der Waals surface area contributed by atoms with E-state index in [2.05, 4.69) is 0 Å². The van der Waals surface area contributed by atoms with E-state index in [1.165, 1.54) is 25.2 Å². The number of aryl methyl sites for hydroxylation is 1. The van der Waals surface area contributed by atoms with Gasteiger partial charge in [-0.15, -0.1) is 0 Å². The Labute approximate surface area is 196 Å². The van der Waals surface area contributed by atoms with Gasteiger partial charge in [-0.25, -0.2) is 0 Å². The van der Waals surface area contributed by atoms with Gasteiger partial charge in [0.25, 0.3) is 11.7 Å². The number of benzene rings is 3. The molecule has 168 valence electrons. The largest absolute Gasteiger partial charge is 0.507 e. The van der Waals surface area contributed by atoms with E-state index in [9.17, 15) is 14.7 Å². The van der Waals surface area contributed by atoms with Crippen LogP contribution in [0.25, 0.3) is 5.76 Å². The molecule has 1 saturated heterocycles. The van der Waals surface area contributed by atoms with E-state index in [4.69, 9.17) is 21.1 Å². The lowest BCUT2D eigenvalue weighted by molar-refractivity contribution is -0.132. The van der Waals surface area contributed by atoms with Crippen LogP contribution in [-0.2, 0) is 9.59 Å². The van der Waals surface area contributed by atoms with E-state index in [1.807, 2.05) is 19.1 Å². The van der Waals surface area contributed by atoms with Crippen LogP contribution in [0.1, 0.15) is 22.7 Å². The second kappa shape index (κ2) is 9.00. The van der Waals surface area contributed by atoms with Crippen molar-refractivity contribution in [1.82, 2.24) is 0 Å². The molecule has 1 aliphatic rings. The fourth-order valence-electron chi connectivity index (χ4n) is 3.94. The van der Waals surface area contributed by atoms with Crippen molar-refractivity contribution in [2.24, 2.45) is 0 Å². The molecule has 1 unspecified atom stereocenters. The number of ketones is 1. The van der Waals surface area contributed by atoms with E-state index in [0.717, 1.165) is 5.56 Å². The van der Waals surface area contributed by atoms with Gasteiger partial charge in [-0.2, -0.15) is 0 Å². The molecule has 0 aromatic heterocycles. The lowest BCUT2D eigenvalue weighted by Gasteiger charge is -2.26. The quantitative estimate of drug-likeness (QED) is 0.316. The first-order valence-corrected chi connectivity index (χ1v) is 10.6. The molecule has 1 amide bonds. The Morgan fingerprint density at radius 2 is 1.70 bits per heavy atom. The summed E-state index contributed by atoms with van der Waals surface area (Å²) in [6.45, 7) is 1.93. The van der Waals surface area contributed by atoms with Crippen molar-refractivity contribution in [2.75, 3.05) is 19.1 Å². The zero-order chi connectivity index (χ0) is 23.7. The number of hydrogen-bond donors (Lipinski definition) is 1. The van der Waals surface area contributed by atoms with Crippen LogP contribution in [0.3, 0.4) is 0 Å². The maximum absolute atomic E-state index is 13.3. The van der Waals surface area contributed by atoms with Crippen LogP contribution in [0.4, 0.5) is 5.69 Å². The number of methoxy groups -OCH3 is 2. The zero-order valence-electron chi connectivity index (χ0n) is 18.3. The summed E-state index contributed by atoms with van der Waals surface area (Å²) in [7, 11) is 2.98. The van der Waals surface area contributed by atoms with Crippen LogP contribution in [0.5, 0.6) is 11.5 Å². The average Bonchev–Trinajstić information content (AvgIpc) is 3.09. The minimum atomic E-state index is -0.883. The molecule has 0 spiro atoms. The Morgan fingerprint density at radius 1 is 0.970 bits per heavy atom. The fraction of sp³-hybridized carbons (Fsp3) is 0.154. The molecule has 0 aliphatic carbocycles. The number of hydrogen-bond acceptors (Lipinski definition) is 5. The summed E-state index contributed by atoms with van der Waals surface area (Å²) in [4.78, 5) is 27.9. The molecule has 33 heavy (non-hydrogen) atoms. The molecular formula is C26H22ClNO5. The van der Waals surface area contributed by atoms with E-state index in [1.54, 1.807) is 48.5 Å². The molecule has 1 N–H and O–H groups in total. The van der Waals surface area contributed by atoms with Crippen LogP contribution in [0.15, 0.2) is 72.3 Å². The number of rotatable bonds is 5. The Morgan fingerprint density at radius 3 is 2.36 bits per heavy atom. The number of carbonyl (C=O) groups is 2. The summed E-state index contributed by atoms with van der Waals surface area (Å²) in [5.41, 5.74) is 2.32. The molecule has 0 saturated carbocycles. The number of amides is 1. The maximum Gasteiger partial charge on any atom is 0.300 e. The molecule has 7 heteroatoms. The predicted molar refractivity (Wildman–Crippen MR) is 127 cm³/mol. The van der Waals surface area contributed by atoms with E-state index in [0.29, 0.717) is 27.8 Å². The summed E-state index contributed by atoms with van der Waals surface area (Å²) in [6.07, 6.45) is 0. The third kappa shape index (κ3) is 4.05. The van der Waals surface area contributed by atoms with Gasteiger partial charge in [0.05, 0.1) is 31.4 Å². The third-order valence-electron chi connectivity index (χ3n) is 5.58. The average molecular weight is 464 g/mol. The molecule has 1 heterocycles. The van der Waals surface area contributed by atoms with Gasteiger partial charge in [0.1, 0.15) is 17.3 Å². The minimum Gasteiger partial charge on any atom is -0.507 e. The van der Waals surface area contributed by atoms with Crippen molar-refractivity contribution >= 4 is 34.7 Å². The van der Waals surface area contributed by atoms with Crippen molar-refractivity contribution in [2.45, 2.75) is 13.0 Å². The van der Waals surface area contributed by atoms with Gasteiger partial charge in [-0.05, 0) is 55.0 Å². The lowest BCUT2D eigenvalue weighted by Crippen LogP contribution is -2.29. The second-order valence-electron chi connectivity index (χ2n) is 7.63. The molecule has 0 radical (unpaired) electrons. The minimum absolute atomic E-state index is 0.0607. The maximum atomic E-state index is 13.3. The number of halogens is 1. The van der Waals surface area contributed by atoms with E-state index < -0.39 is 17.7 Å². The molecule has 3 aromatic rings. The van der Waals surface area contributed by atoms with Gasteiger partial charge >= 0.3 is 0 Å². The van der Waals surface area contributed by atoms with Crippen molar-refractivity contribution in [3.8, 4) is 11.5 Å². The van der Waals surface area contributed by atoms with Crippen LogP contribution >= 0.6 is 11.6 Å². The molecule has 0 bridgehead atoms. The highest BCUT2D eigenvalue weighted by atomic mass is 35.5. The molecule has 1 fully saturated rings. The summed E-state index contributed by atoms with van der Waals surface area (Å²) in [5.74, 6) is -1.03. The molecule has 6 nitrogen and oxygen atoms in total. The smallest absolute Gasteiger partial charge is 0.300 e. The number of ether oxygens (including phenoxy) is 2. The summed E-state index contributed by atoms with van der Waals surface area (Å²) in [6, 6.07) is 18.1. The lowest BCUT2D eigenvalue weighted by atomic mass is 9.94. The number of anilines is 1. The second-order valence-corrected chi connectivity index (χ2v) is 8.06. The van der Waals surface area contributed by atoms with Crippen LogP contribution in [0.2, 0.25) is 5.02 Å². The monoisotopic (exact) mass is 463 g/mol. The summed E-state index contributed by atoms with van der Waals surface area (Å²) in [5, 5.41) is 11.7. The van der Waals surface area contributed by atoms with Crippen LogP contribution < -0.4 is 14.4 Å². The zero-order valence-corrected chi connectivity index (χ0v) is 19.1. The Kier molecular flexibility index (Phi) is 6.11. The Balaban J connectivity index is 1.99. The SMILES string of the molecule is COc1cccc(C2/C(=C(\O)c3cc(Cl)ccc3OC)C(=O)C(=O)N2c2ccc(C)cc2)c1. The van der Waals surface area contributed by atoms with Gasteiger partial charge in [0.15, 0.2) is 0 Å². The Bertz CT molecular complexity index is 1270. The predicted octanol–water partition coefficient (Wildman–Crippen LogP) is 5.29. The Hall–Kier alpha value is -3.77. The van der Waals surface area contributed by atoms with Gasteiger partial charge in [0, 0.05) is 10.7 Å². The van der Waals surface area contributed by atoms with E-state index in [-0.39, 0.29) is 16.9 Å². The molecule has 1 aliphatic heterocycles. The number of Topliss-reactive ketones (excluding diaryl/α,β-unsaturated/α-hetero) is 1. The number of nitrogens with zero attached hydrogens (tertiary/aromatic N) is 1. The topological polar surface area (TPSA) is 76.1 Å². The van der Waals surface area contributed by atoms with Crippen LogP contribution in [0, 0.1) is 6.92 Å². The van der Waals surface area contributed by atoms with Gasteiger partial charge in [-0.3, -0.25) is 14.5 Å². The molecule has 3 aromatic carbocycles. The van der Waals surface area contributed by atoms with Crippen molar-refractivity contribution in [3.05, 3.63) is 94.0 Å². The van der Waals surface area contributed by atoms with Gasteiger partial charge < -0.3 is 14.6 Å². The van der Waals surface area contributed by atoms with Gasteiger partial charge in [-0.1, -0.05) is 41.4 Å². The van der Waals surface area contributed by atoms with Gasteiger partial charge in [0.2, 0.25) is 0 Å². The first kappa shape index (κ1) is 22.4. The third-order valence-corrected chi connectivity index (χ3v) is 5.82. The molecule has 1 atom stereocenters. The van der Waals surface area contributed by atoms with E-state index >= 15 is 0 Å². The number of carbonyl (C=O) groups excluding carboxylic acids is 2. The van der Waals surface area contributed by atoms with Crippen molar-refractivity contribution < 1.29 is 24.2 Å². The van der Waals surface area contributed by atoms with Crippen molar-refractivity contribution in [1.29, 1.82) is 0 Å². The standard InChI is InChI=1S/C26H22ClNO5/c1-15-7-10-18(11-8-15)28-23(16-5-4-6-19(13-16)32-2)22(25(30)26(28)31)24(29)20-14-17(27)9-12-21(20)33-3/h4-14,23,29H,1-3H3/b24-22+. The molecular weight excluding hydrogens is 442 g/mol. The first-order valence-electron chi connectivity index (χ1n) is 10.2. The highest BCUT2D eigenvalue weighted by Gasteiger charge is 2.47. The summed E-state index contributed by atoms with van der Waals surface area (Å²) < 4.78 is 10.7. The van der Waals surface area contributed by atoms with Crippen molar-refractivity contribution in [3.63, 3.8) is 0 Å². The number of aliphatic hydroxyl groups excluding tert-OH is 1. The fourth-order valence-corrected chi connectivity index (χ4v) is 4.11. The molecule has 4 rings (SSSR count). The normalized spacial score (nSPS) is 17.3. The highest BCUT2D eigenvalue weighted by Crippen LogP contribution is 2.44.